The summed E-state index contributed by atoms with van der Waals surface area (Å²) in [5.41, 5.74) is 10.0. The highest BCUT2D eigenvalue weighted by molar-refractivity contribution is 6.29. The lowest BCUT2D eigenvalue weighted by atomic mass is 9.83. The van der Waals surface area contributed by atoms with Gasteiger partial charge in [0.15, 0.2) is 0 Å². The minimum Gasteiger partial charge on any atom is -0.310 e. The summed E-state index contributed by atoms with van der Waals surface area (Å²) in [6, 6.07) is 64.8. The van der Waals surface area contributed by atoms with Crippen molar-refractivity contribution in [3.8, 4) is 11.1 Å². The van der Waals surface area contributed by atoms with Crippen molar-refractivity contribution in [3.05, 3.63) is 211 Å². The van der Waals surface area contributed by atoms with Crippen LogP contribution in [0.25, 0.3) is 43.4 Å². The van der Waals surface area contributed by atoms with Crippen LogP contribution < -0.4 is 14.7 Å². The number of hydrogen-bond acceptors (Lipinski definition) is 3. The van der Waals surface area contributed by atoms with Crippen LogP contribution in [0.1, 0.15) is 26.3 Å². The monoisotopic (exact) mass is 793 g/mol. The summed E-state index contributed by atoms with van der Waals surface area (Å²) in [4.78, 5) is 6.27. The third kappa shape index (κ3) is 6.07. The first-order valence-electron chi connectivity index (χ1n) is 20.7. The van der Waals surface area contributed by atoms with Crippen LogP contribution in [-0.2, 0) is 5.41 Å². The van der Waals surface area contributed by atoms with Gasteiger partial charge in [-0.15, -0.1) is 0 Å². The lowest BCUT2D eigenvalue weighted by Gasteiger charge is -2.35. The zero-order chi connectivity index (χ0) is 41.4. The van der Waals surface area contributed by atoms with Crippen molar-refractivity contribution in [3.63, 3.8) is 0 Å². The van der Waals surface area contributed by atoms with Crippen molar-refractivity contribution in [2.45, 2.75) is 26.2 Å². The van der Waals surface area contributed by atoms with E-state index in [-0.39, 0.29) is 17.0 Å². The normalized spacial score (nSPS) is 12.9. The maximum Gasteiger partial charge on any atom is 0.147 e. The fourth-order valence-electron chi connectivity index (χ4n) is 9.19. The predicted octanol–water partition coefficient (Wildman–Crippen LogP) is 16.5. The number of para-hydroxylation sites is 2. The Morgan fingerprint density at radius 3 is 1.30 bits per heavy atom. The molecule has 0 unspecified atom stereocenters. The molecule has 11 rings (SSSR count). The van der Waals surface area contributed by atoms with Crippen molar-refractivity contribution in [2.24, 2.45) is 0 Å². The highest BCUT2D eigenvalue weighted by Gasteiger charge is 2.29. The van der Waals surface area contributed by atoms with Gasteiger partial charge in [0.1, 0.15) is 11.6 Å². The third-order valence-electron chi connectivity index (χ3n) is 12.1. The Kier molecular flexibility index (Phi) is 8.43. The van der Waals surface area contributed by atoms with E-state index >= 15 is 8.78 Å². The Bertz CT molecular complexity index is 3110. The quantitative estimate of drug-likeness (QED) is 0.164. The molecule has 5 heteroatoms. The summed E-state index contributed by atoms with van der Waals surface area (Å²) in [6.07, 6.45) is 0. The van der Waals surface area contributed by atoms with E-state index in [0.717, 1.165) is 83.3 Å². The number of rotatable bonds is 4. The fraction of sp³-hybridized carbons (Fsp3) is 0.0714. The maximum atomic E-state index is 16.6. The Labute approximate surface area is 354 Å². The van der Waals surface area contributed by atoms with Crippen LogP contribution >= 0.6 is 0 Å². The van der Waals surface area contributed by atoms with Gasteiger partial charge < -0.3 is 14.7 Å². The van der Waals surface area contributed by atoms with Crippen molar-refractivity contribution in [1.82, 2.24) is 0 Å². The van der Waals surface area contributed by atoms with Gasteiger partial charge in [0.2, 0.25) is 0 Å². The second kappa shape index (κ2) is 14.1. The van der Waals surface area contributed by atoms with Crippen molar-refractivity contribution < 1.29 is 8.78 Å². The van der Waals surface area contributed by atoms with Crippen LogP contribution in [0.4, 0.5) is 60.0 Å². The Hall–Kier alpha value is -7.50. The third-order valence-corrected chi connectivity index (χ3v) is 12.1. The minimum absolute atomic E-state index is 0.0638. The Morgan fingerprint density at radius 2 is 0.803 bits per heavy atom. The molecule has 0 amide bonds. The molecule has 294 valence electrons. The number of fused-ring (bicyclic) bond motifs is 8. The topological polar surface area (TPSA) is 9.72 Å². The summed E-state index contributed by atoms with van der Waals surface area (Å²) in [7, 11) is 0. The Balaban J connectivity index is 1.27. The van der Waals surface area contributed by atoms with E-state index < -0.39 is 0 Å². The standard InChI is InChI=1S/C56H41F2N3/c1-56(2,3)40-31-38-25-29-46-52-35-53(47-30-26-39(32-40)54(38)55(46)47)61(51-22-10-8-20-49(51)58)45-18-12-16-43(34-45)59(41-27-23-37(24-28-41)36-13-5-4-6-14-36)42-15-11-17-44(33-42)60(52)50-21-9-7-19-48(50)57/h4-35H,1-3H3. The van der Waals surface area contributed by atoms with Gasteiger partial charge >= 0.3 is 0 Å². The van der Waals surface area contributed by atoms with Crippen molar-refractivity contribution in [1.29, 1.82) is 0 Å². The van der Waals surface area contributed by atoms with E-state index in [9.17, 15) is 0 Å². The Morgan fingerprint density at radius 1 is 0.344 bits per heavy atom. The highest BCUT2D eigenvalue weighted by Crippen LogP contribution is 2.52. The number of anilines is 9. The lowest BCUT2D eigenvalue weighted by molar-refractivity contribution is 0.591. The number of benzene rings is 10. The number of nitrogens with zero attached hydrogens (tertiary/aromatic N) is 3. The zero-order valence-electron chi connectivity index (χ0n) is 34.1. The van der Waals surface area contributed by atoms with E-state index in [0.29, 0.717) is 11.4 Å². The minimum atomic E-state index is -0.355. The summed E-state index contributed by atoms with van der Waals surface area (Å²) in [6.45, 7) is 6.71. The van der Waals surface area contributed by atoms with Crippen molar-refractivity contribution in [2.75, 3.05) is 14.7 Å². The van der Waals surface area contributed by atoms with Gasteiger partial charge in [0, 0.05) is 44.6 Å². The second-order valence-corrected chi connectivity index (χ2v) is 16.9. The molecule has 1 heterocycles. The molecule has 0 aromatic heterocycles. The van der Waals surface area contributed by atoms with Crippen LogP contribution in [0.3, 0.4) is 0 Å². The molecule has 1 aliphatic heterocycles. The molecule has 0 atom stereocenters. The first-order chi connectivity index (χ1) is 29.7. The summed E-state index contributed by atoms with van der Waals surface area (Å²) < 4.78 is 33.1. The molecule has 0 fully saturated rings. The fourth-order valence-corrected chi connectivity index (χ4v) is 9.19. The molecule has 0 radical (unpaired) electrons. The largest absolute Gasteiger partial charge is 0.310 e. The van der Waals surface area contributed by atoms with Gasteiger partial charge in [-0.3, -0.25) is 0 Å². The molecular formula is C56H41F2N3. The lowest BCUT2D eigenvalue weighted by Crippen LogP contribution is -2.18. The van der Waals surface area contributed by atoms with Crippen LogP contribution in [0.5, 0.6) is 0 Å². The van der Waals surface area contributed by atoms with Gasteiger partial charge in [0.05, 0.1) is 22.7 Å². The molecule has 1 aliphatic rings. The molecule has 10 aromatic rings. The van der Waals surface area contributed by atoms with Gasteiger partial charge in [0.25, 0.3) is 0 Å². The molecular weight excluding hydrogens is 753 g/mol. The summed E-state index contributed by atoms with van der Waals surface area (Å²) >= 11 is 0. The first kappa shape index (κ1) is 36.6. The van der Waals surface area contributed by atoms with E-state index in [4.69, 9.17) is 0 Å². The van der Waals surface area contributed by atoms with Crippen LogP contribution in [0, 0.1) is 11.6 Å². The van der Waals surface area contributed by atoms with Gasteiger partial charge in [-0.1, -0.05) is 136 Å². The average Bonchev–Trinajstić information content (AvgIpc) is 3.28. The van der Waals surface area contributed by atoms with E-state index in [1.54, 1.807) is 12.1 Å². The van der Waals surface area contributed by atoms with Crippen LogP contribution in [-0.4, -0.2) is 0 Å². The molecule has 61 heavy (non-hydrogen) atoms. The van der Waals surface area contributed by atoms with Crippen molar-refractivity contribution >= 4 is 83.5 Å². The number of halogens is 2. The van der Waals surface area contributed by atoms with Gasteiger partial charge in [-0.25, -0.2) is 8.78 Å². The molecule has 6 bridgehead atoms. The molecule has 0 spiro atoms. The molecule has 0 saturated carbocycles. The average molecular weight is 794 g/mol. The smallest absolute Gasteiger partial charge is 0.147 e. The molecule has 0 aliphatic carbocycles. The SMILES string of the molecule is CC(C)(C)c1cc2ccc3c4cc(c5ccc(c1)c2c35)N(c1ccccc1F)c1cccc(c1)N(c1ccc(-c2ccccc2)cc1)c1cccc(c1)N4c1ccccc1F. The first-order valence-corrected chi connectivity index (χ1v) is 20.7. The van der Waals surface area contributed by atoms with Crippen LogP contribution in [0.15, 0.2) is 194 Å². The van der Waals surface area contributed by atoms with E-state index in [1.807, 2.05) is 76.5 Å². The molecule has 0 N–H and O–H groups in total. The predicted molar refractivity (Wildman–Crippen MR) is 252 cm³/mol. The highest BCUT2D eigenvalue weighted by atomic mass is 19.1. The summed E-state index contributed by atoms with van der Waals surface area (Å²) in [5.74, 6) is -0.710. The van der Waals surface area contributed by atoms with Crippen LogP contribution in [0.2, 0.25) is 0 Å². The number of hydrogen-bond donors (Lipinski definition) is 0. The second-order valence-electron chi connectivity index (χ2n) is 16.9. The molecule has 3 nitrogen and oxygen atoms in total. The molecule has 10 aromatic carbocycles. The molecule has 0 saturated heterocycles. The zero-order valence-corrected chi connectivity index (χ0v) is 34.1. The van der Waals surface area contributed by atoms with E-state index in [1.165, 1.54) is 17.7 Å². The summed E-state index contributed by atoms with van der Waals surface area (Å²) in [5, 5.41) is 6.32. The van der Waals surface area contributed by atoms with Gasteiger partial charge in [-0.2, -0.15) is 0 Å². The van der Waals surface area contributed by atoms with E-state index in [2.05, 4.69) is 129 Å². The van der Waals surface area contributed by atoms with Gasteiger partial charge in [-0.05, 0) is 117 Å². The maximum absolute atomic E-state index is 16.6.